The summed E-state index contributed by atoms with van der Waals surface area (Å²) in [5.41, 5.74) is 0.841. The summed E-state index contributed by atoms with van der Waals surface area (Å²) in [6, 6.07) is 5.67. The second-order valence-electron chi connectivity index (χ2n) is 3.83. The Labute approximate surface area is 121 Å². The maximum Gasteiger partial charge on any atom is 0.586 e. The van der Waals surface area contributed by atoms with Crippen LogP contribution in [0.1, 0.15) is 0 Å². The second kappa shape index (κ2) is 4.60. The third kappa shape index (κ3) is 2.54. The van der Waals surface area contributed by atoms with Gasteiger partial charge in [-0.3, -0.25) is 0 Å². The van der Waals surface area contributed by atoms with Gasteiger partial charge in [0.15, 0.2) is 21.8 Å². The van der Waals surface area contributed by atoms with Crippen LogP contribution < -0.4 is 14.8 Å². The van der Waals surface area contributed by atoms with Gasteiger partial charge in [0, 0.05) is 17.8 Å². The van der Waals surface area contributed by atoms with Crippen molar-refractivity contribution in [3.05, 3.63) is 34.6 Å². The van der Waals surface area contributed by atoms with E-state index >= 15 is 0 Å². The highest BCUT2D eigenvalue weighted by atomic mass is 35.5. The molecule has 1 aromatic carbocycles. The smallest absolute Gasteiger partial charge is 0.395 e. The highest BCUT2D eigenvalue weighted by Crippen LogP contribution is 2.42. The number of halogens is 4. The number of hydrogen-bond acceptors (Lipinski definition) is 5. The Kier molecular flexibility index (Phi) is 3.02. The van der Waals surface area contributed by atoms with Crippen LogP contribution in [0.25, 0.3) is 0 Å². The minimum absolute atomic E-state index is 0.0440. The standard InChI is InChI=1S/C11H5Cl2F2N3O2/c12-9-4-6(10(13)18-17-9)16-5-1-2-7-8(3-5)20-11(14,15)19-7/h1-4H,(H,16,17). The third-order valence-electron chi connectivity index (χ3n) is 2.40. The first kappa shape index (κ1) is 13.1. The summed E-state index contributed by atoms with van der Waals surface area (Å²) in [7, 11) is 0. The molecular weight excluding hydrogens is 315 g/mol. The van der Waals surface area contributed by atoms with Crippen LogP contribution in [-0.2, 0) is 0 Å². The molecule has 9 heteroatoms. The zero-order chi connectivity index (χ0) is 14.3. The normalized spacial score (nSPS) is 15.2. The van der Waals surface area contributed by atoms with Crippen LogP contribution in [0.4, 0.5) is 20.2 Å². The van der Waals surface area contributed by atoms with E-state index in [-0.39, 0.29) is 21.8 Å². The van der Waals surface area contributed by atoms with E-state index in [2.05, 4.69) is 25.0 Å². The van der Waals surface area contributed by atoms with E-state index < -0.39 is 6.29 Å². The molecule has 1 aliphatic rings. The summed E-state index contributed by atoms with van der Waals surface area (Å²) in [6.45, 7) is 0. The Morgan fingerprint density at radius 2 is 1.80 bits per heavy atom. The molecule has 0 aliphatic carbocycles. The maximum atomic E-state index is 12.9. The van der Waals surface area contributed by atoms with Crippen LogP contribution in [0.15, 0.2) is 24.3 Å². The molecule has 0 atom stereocenters. The molecular formula is C11H5Cl2F2N3O2. The van der Waals surface area contributed by atoms with Crippen molar-refractivity contribution in [2.45, 2.75) is 6.29 Å². The molecule has 0 fully saturated rings. The Balaban J connectivity index is 1.88. The van der Waals surface area contributed by atoms with E-state index in [1.807, 2.05) is 0 Å². The van der Waals surface area contributed by atoms with Gasteiger partial charge in [0.1, 0.15) is 0 Å². The number of ether oxygens (including phenoxy) is 2. The number of nitrogens with one attached hydrogen (secondary N) is 1. The minimum atomic E-state index is -3.65. The lowest BCUT2D eigenvalue weighted by atomic mass is 10.2. The van der Waals surface area contributed by atoms with Gasteiger partial charge in [-0.05, 0) is 12.1 Å². The second-order valence-corrected chi connectivity index (χ2v) is 4.57. The van der Waals surface area contributed by atoms with E-state index in [0.29, 0.717) is 11.4 Å². The monoisotopic (exact) mass is 319 g/mol. The molecule has 20 heavy (non-hydrogen) atoms. The SMILES string of the molecule is FC1(F)Oc2ccc(Nc3cc(Cl)nnc3Cl)cc2O1. The molecule has 0 unspecified atom stereocenters. The first-order valence-corrected chi connectivity index (χ1v) is 6.04. The van der Waals surface area contributed by atoms with E-state index in [9.17, 15) is 8.78 Å². The largest absolute Gasteiger partial charge is 0.586 e. The summed E-state index contributed by atoms with van der Waals surface area (Å²) in [4.78, 5) is 0. The number of anilines is 2. The fraction of sp³-hybridized carbons (Fsp3) is 0.0909. The summed E-state index contributed by atoms with van der Waals surface area (Å²) in [5, 5.41) is 10.3. The summed E-state index contributed by atoms with van der Waals surface area (Å²) in [6.07, 6.45) is -3.65. The lowest BCUT2D eigenvalue weighted by molar-refractivity contribution is -0.286. The number of benzene rings is 1. The fourth-order valence-corrected chi connectivity index (χ4v) is 1.91. The summed E-state index contributed by atoms with van der Waals surface area (Å²) >= 11 is 11.5. The molecule has 0 bridgehead atoms. The van der Waals surface area contributed by atoms with Gasteiger partial charge in [0.25, 0.3) is 0 Å². The average Bonchev–Trinajstić information content (AvgIpc) is 2.67. The molecule has 0 radical (unpaired) electrons. The van der Waals surface area contributed by atoms with Crippen molar-refractivity contribution in [1.82, 2.24) is 10.2 Å². The topological polar surface area (TPSA) is 56.3 Å². The van der Waals surface area contributed by atoms with Gasteiger partial charge in [-0.1, -0.05) is 23.2 Å². The number of fused-ring (bicyclic) bond motifs is 1. The van der Waals surface area contributed by atoms with Crippen molar-refractivity contribution in [1.29, 1.82) is 0 Å². The fourth-order valence-electron chi connectivity index (χ4n) is 1.62. The van der Waals surface area contributed by atoms with E-state index in [1.165, 1.54) is 24.3 Å². The van der Waals surface area contributed by atoms with Crippen LogP contribution in [-0.4, -0.2) is 16.5 Å². The molecule has 5 nitrogen and oxygen atoms in total. The van der Waals surface area contributed by atoms with Gasteiger partial charge >= 0.3 is 6.29 Å². The molecule has 0 saturated heterocycles. The average molecular weight is 320 g/mol. The number of hydrogen-bond donors (Lipinski definition) is 1. The van der Waals surface area contributed by atoms with Gasteiger partial charge in [0.2, 0.25) is 0 Å². The number of nitrogens with zero attached hydrogens (tertiary/aromatic N) is 2. The van der Waals surface area contributed by atoms with Crippen LogP contribution in [0.2, 0.25) is 10.3 Å². The first-order valence-electron chi connectivity index (χ1n) is 5.29. The molecule has 3 rings (SSSR count). The Morgan fingerprint density at radius 1 is 1.05 bits per heavy atom. The lowest BCUT2D eigenvalue weighted by Crippen LogP contribution is -2.25. The van der Waals surface area contributed by atoms with Crippen molar-refractivity contribution < 1.29 is 18.3 Å². The number of alkyl halides is 2. The van der Waals surface area contributed by atoms with Crippen LogP contribution in [0, 0.1) is 0 Å². The van der Waals surface area contributed by atoms with Crippen molar-refractivity contribution >= 4 is 34.6 Å². The molecule has 0 saturated carbocycles. The molecule has 0 spiro atoms. The molecule has 2 aromatic rings. The number of rotatable bonds is 2. The van der Waals surface area contributed by atoms with E-state index in [4.69, 9.17) is 23.2 Å². The molecule has 1 aromatic heterocycles. The van der Waals surface area contributed by atoms with Gasteiger partial charge < -0.3 is 14.8 Å². The highest BCUT2D eigenvalue weighted by molar-refractivity contribution is 6.33. The Morgan fingerprint density at radius 3 is 2.60 bits per heavy atom. The maximum absolute atomic E-state index is 12.9. The summed E-state index contributed by atoms with van der Waals surface area (Å²) in [5.74, 6) is -0.123. The predicted molar refractivity (Wildman–Crippen MR) is 68.0 cm³/mol. The quantitative estimate of drug-likeness (QED) is 0.911. The first-order chi connectivity index (χ1) is 9.43. The van der Waals surface area contributed by atoms with Crippen molar-refractivity contribution in [3.63, 3.8) is 0 Å². The highest BCUT2D eigenvalue weighted by Gasteiger charge is 2.43. The van der Waals surface area contributed by atoms with Crippen molar-refractivity contribution in [3.8, 4) is 11.5 Å². The van der Waals surface area contributed by atoms with Gasteiger partial charge in [-0.2, -0.15) is 0 Å². The Hall–Kier alpha value is -1.86. The zero-order valence-corrected chi connectivity index (χ0v) is 11.0. The zero-order valence-electron chi connectivity index (χ0n) is 9.53. The molecule has 1 aliphatic heterocycles. The van der Waals surface area contributed by atoms with Crippen molar-refractivity contribution in [2.75, 3.05) is 5.32 Å². The van der Waals surface area contributed by atoms with Crippen LogP contribution in [0.3, 0.4) is 0 Å². The van der Waals surface area contributed by atoms with E-state index in [0.717, 1.165) is 0 Å². The van der Waals surface area contributed by atoms with Gasteiger partial charge in [-0.25, -0.2) is 0 Å². The summed E-state index contributed by atoms with van der Waals surface area (Å²) < 4.78 is 34.4. The molecule has 0 amide bonds. The number of aromatic nitrogens is 2. The van der Waals surface area contributed by atoms with E-state index in [1.54, 1.807) is 0 Å². The molecule has 1 N–H and O–H groups in total. The van der Waals surface area contributed by atoms with Crippen LogP contribution >= 0.6 is 23.2 Å². The Bertz CT molecular complexity index is 685. The lowest BCUT2D eigenvalue weighted by Gasteiger charge is -2.08. The predicted octanol–water partition coefficient (Wildman–Crippen LogP) is 3.85. The van der Waals surface area contributed by atoms with Gasteiger partial charge in [0.05, 0.1) is 5.69 Å². The minimum Gasteiger partial charge on any atom is -0.395 e. The molecule has 104 valence electrons. The molecule has 2 heterocycles. The van der Waals surface area contributed by atoms with Gasteiger partial charge in [-0.15, -0.1) is 19.0 Å². The van der Waals surface area contributed by atoms with Crippen LogP contribution in [0.5, 0.6) is 11.5 Å². The third-order valence-corrected chi connectivity index (χ3v) is 2.86. The van der Waals surface area contributed by atoms with Crippen molar-refractivity contribution in [2.24, 2.45) is 0 Å².